The number of aryl methyl sites for hydroxylation is 1. The van der Waals surface area contributed by atoms with Gasteiger partial charge in [-0.1, -0.05) is 6.92 Å². The molecule has 1 aromatic rings. The molecule has 0 atom stereocenters. The first-order valence-corrected chi connectivity index (χ1v) is 9.52. The normalized spacial score (nSPS) is 32.4. The van der Waals surface area contributed by atoms with Gasteiger partial charge in [-0.05, 0) is 61.7 Å². The van der Waals surface area contributed by atoms with E-state index in [-0.39, 0.29) is 0 Å². The van der Waals surface area contributed by atoms with E-state index in [4.69, 9.17) is 0 Å². The first kappa shape index (κ1) is 16.5. The van der Waals surface area contributed by atoms with Crippen LogP contribution in [0.3, 0.4) is 0 Å². The molecule has 0 saturated heterocycles. The standard InChI is InChI=1S/C19H26N4O2/c1-2-17-20-8-15(9-21-17)23-19(25)18(24)22-10-16-13-4-11-3-12(6-13)7-14(16)5-11/h8-9,11-14,16H,2-7,10H2,1H3,(H,22,24)(H,23,25). The second-order valence-corrected chi connectivity index (χ2v) is 8.00. The van der Waals surface area contributed by atoms with E-state index in [1.807, 2.05) is 6.92 Å². The molecule has 134 valence electrons. The third-order valence-electron chi connectivity index (χ3n) is 6.41. The summed E-state index contributed by atoms with van der Waals surface area (Å²) in [5.74, 6) is 3.39. The Labute approximate surface area is 148 Å². The summed E-state index contributed by atoms with van der Waals surface area (Å²) in [5.41, 5.74) is 0.451. The van der Waals surface area contributed by atoms with Crippen LogP contribution in [0.5, 0.6) is 0 Å². The van der Waals surface area contributed by atoms with Crippen LogP contribution in [-0.4, -0.2) is 28.3 Å². The summed E-state index contributed by atoms with van der Waals surface area (Å²) in [5, 5.41) is 5.43. The van der Waals surface area contributed by atoms with Gasteiger partial charge in [0, 0.05) is 13.0 Å². The summed E-state index contributed by atoms with van der Waals surface area (Å²) in [6, 6.07) is 0. The lowest BCUT2D eigenvalue weighted by Gasteiger charge is -2.54. The van der Waals surface area contributed by atoms with Crippen LogP contribution in [-0.2, 0) is 16.0 Å². The van der Waals surface area contributed by atoms with E-state index in [9.17, 15) is 9.59 Å². The Morgan fingerprint density at radius 1 is 1.00 bits per heavy atom. The summed E-state index contributed by atoms with van der Waals surface area (Å²) in [6.45, 7) is 2.59. The first-order valence-electron chi connectivity index (χ1n) is 9.52. The van der Waals surface area contributed by atoms with Gasteiger partial charge in [0.25, 0.3) is 0 Å². The summed E-state index contributed by atoms with van der Waals surface area (Å²) in [4.78, 5) is 32.5. The zero-order chi connectivity index (χ0) is 17.4. The van der Waals surface area contributed by atoms with Crippen LogP contribution in [0.4, 0.5) is 5.69 Å². The number of anilines is 1. The zero-order valence-corrected chi connectivity index (χ0v) is 14.7. The molecule has 1 heterocycles. The van der Waals surface area contributed by atoms with Crippen molar-refractivity contribution < 1.29 is 9.59 Å². The van der Waals surface area contributed by atoms with Crippen molar-refractivity contribution in [3.8, 4) is 0 Å². The van der Waals surface area contributed by atoms with Gasteiger partial charge < -0.3 is 10.6 Å². The van der Waals surface area contributed by atoms with Crippen LogP contribution in [0.25, 0.3) is 0 Å². The van der Waals surface area contributed by atoms with Gasteiger partial charge >= 0.3 is 11.8 Å². The maximum atomic E-state index is 12.1. The molecule has 4 aliphatic carbocycles. The fraction of sp³-hybridized carbons (Fsp3) is 0.684. The molecule has 0 aliphatic heterocycles. The van der Waals surface area contributed by atoms with Crippen molar-refractivity contribution in [2.75, 3.05) is 11.9 Å². The molecular weight excluding hydrogens is 316 g/mol. The molecular formula is C19H26N4O2. The number of hydrogen-bond acceptors (Lipinski definition) is 4. The van der Waals surface area contributed by atoms with E-state index in [2.05, 4.69) is 20.6 Å². The van der Waals surface area contributed by atoms with Crippen LogP contribution >= 0.6 is 0 Å². The Morgan fingerprint density at radius 3 is 2.16 bits per heavy atom. The molecule has 6 heteroatoms. The lowest BCUT2D eigenvalue weighted by Crippen LogP contribution is -2.50. The average Bonchev–Trinajstić information content (AvgIpc) is 2.61. The van der Waals surface area contributed by atoms with E-state index >= 15 is 0 Å². The van der Waals surface area contributed by atoms with Gasteiger partial charge in [0.05, 0.1) is 18.1 Å². The third kappa shape index (κ3) is 3.39. The van der Waals surface area contributed by atoms with Crippen molar-refractivity contribution in [3.63, 3.8) is 0 Å². The number of carbonyl (C=O) groups is 2. The SMILES string of the molecule is CCc1ncc(NC(=O)C(=O)NCC2C3CC4CC(C3)CC2C4)cn1. The molecule has 1 aromatic heterocycles. The Balaban J connectivity index is 1.29. The highest BCUT2D eigenvalue weighted by atomic mass is 16.2. The molecule has 4 fully saturated rings. The minimum Gasteiger partial charge on any atom is -0.348 e. The number of hydrogen-bond donors (Lipinski definition) is 2. The van der Waals surface area contributed by atoms with Crippen molar-refractivity contribution in [2.24, 2.45) is 29.6 Å². The molecule has 2 N–H and O–H groups in total. The molecule has 0 unspecified atom stereocenters. The summed E-state index contributed by atoms with van der Waals surface area (Å²) < 4.78 is 0. The van der Waals surface area contributed by atoms with Crippen molar-refractivity contribution in [2.45, 2.75) is 45.4 Å². The maximum absolute atomic E-state index is 12.1. The van der Waals surface area contributed by atoms with Crippen molar-refractivity contribution in [1.82, 2.24) is 15.3 Å². The molecule has 4 aliphatic rings. The molecule has 6 nitrogen and oxygen atoms in total. The molecule has 0 radical (unpaired) electrons. The van der Waals surface area contributed by atoms with E-state index in [0.29, 0.717) is 24.0 Å². The molecule has 0 aromatic carbocycles. The van der Waals surface area contributed by atoms with Gasteiger partial charge in [-0.3, -0.25) is 9.59 Å². The highest BCUT2D eigenvalue weighted by Gasteiger charge is 2.48. The van der Waals surface area contributed by atoms with Gasteiger partial charge in [-0.15, -0.1) is 0 Å². The summed E-state index contributed by atoms with van der Waals surface area (Å²) >= 11 is 0. The van der Waals surface area contributed by atoms with Crippen molar-refractivity contribution in [1.29, 1.82) is 0 Å². The van der Waals surface area contributed by atoms with Crippen molar-refractivity contribution in [3.05, 3.63) is 18.2 Å². The Morgan fingerprint density at radius 2 is 1.60 bits per heavy atom. The van der Waals surface area contributed by atoms with E-state index in [0.717, 1.165) is 30.1 Å². The maximum Gasteiger partial charge on any atom is 0.313 e. The van der Waals surface area contributed by atoms with Crippen LogP contribution in [0.1, 0.15) is 44.9 Å². The van der Waals surface area contributed by atoms with Gasteiger partial charge in [0.1, 0.15) is 5.82 Å². The highest BCUT2D eigenvalue weighted by Crippen LogP contribution is 2.56. The first-order chi connectivity index (χ1) is 12.1. The fourth-order valence-electron chi connectivity index (χ4n) is 5.45. The van der Waals surface area contributed by atoms with Crippen molar-refractivity contribution >= 4 is 17.5 Å². The van der Waals surface area contributed by atoms with E-state index < -0.39 is 11.8 Å². The van der Waals surface area contributed by atoms with Crippen LogP contribution in [0.2, 0.25) is 0 Å². The summed E-state index contributed by atoms with van der Waals surface area (Å²) in [6.07, 6.45) is 10.5. The monoisotopic (exact) mass is 342 g/mol. The van der Waals surface area contributed by atoms with Crippen LogP contribution in [0, 0.1) is 29.6 Å². The predicted octanol–water partition coefficient (Wildman–Crippen LogP) is 2.17. The minimum atomic E-state index is -0.642. The number of carbonyl (C=O) groups excluding carboxylic acids is 2. The van der Waals surface area contributed by atoms with Crippen LogP contribution in [0.15, 0.2) is 12.4 Å². The Bertz CT molecular complexity index is 630. The second-order valence-electron chi connectivity index (χ2n) is 8.00. The number of amides is 2. The number of rotatable bonds is 4. The molecule has 4 saturated carbocycles. The quantitative estimate of drug-likeness (QED) is 0.821. The van der Waals surface area contributed by atoms with Gasteiger partial charge in [-0.2, -0.15) is 0 Å². The number of nitrogens with zero attached hydrogens (tertiary/aromatic N) is 2. The third-order valence-corrected chi connectivity index (χ3v) is 6.41. The lowest BCUT2D eigenvalue weighted by molar-refractivity contribution is -0.136. The number of aromatic nitrogens is 2. The van der Waals surface area contributed by atoms with E-state index in [1.165, 1.54) is 44.5 Å². The molecule has 4 bridgehead atoms. The highest BCUT2D eigenvalue weighted by molar-refractivity contribution is 6.39. The van der Waals surface area contributed by atoms with Gasteiger partial charge in [0.15, 0.2) is 0 Å². The molecule has 5 rings (SSSR count). The predicted molar refractivity (Wildman–Crippen MR) is 93.6 cm³/mol. The smallest absolute Gasteiger partial charge is 0.313 e. The summed E-state index contributed by atoms with van der Waals surface area (Å²) in [7, 11) is 0. The second kappa shape index (κ2) is 6.73. The minimum absolute atomic E-state index is 0.451. The van der Waals surface area contributed by atoms with Gasteiger partial charge in [0.2, 0.25) is 0 Å². The lowest BCUT2D eigenvalue weighted by atomic mass is 9.52. The fourth-order valence-corrected chi connectivity index (χ4v) is 5.45. The zero-order valence-electron chi connectivity index (χ0n) is 14.7. The van der Waals surface area contributed by atoms with Crippen LogP contribution < -0.4 is 10.6 Å². The van der Waals surface area contributed by atoms with Gasteiger partial charge in [-0.25, -0.2) is 9.97 Å². The van der Waals surface area contributed by atoms with E-state index in [1.54, 1.807) is 0 Å². The molecule has 0 spiro atoms. The average molecular weight is 342 g/mol. The Hall–Kier alpha value is -1.98. The Kier molecular flexibility index (Phi) is 4.44. The number of nitrogens with one attached hydrogen (secondary N) is 2. The molecule has 25 heavy (non-hydrogen) atoms. The molecule has 2 amide bonds. The topological polar surface area (TPSA) is 84.0 Å². The largest absolute Gasteiger partial charge is 0.348 e.